The molecule has 11 rings (SSSR count). The normalized spacial score (nSPS) is 16.3. The number of pyridine rings is 1. The Morgan fingerprint density at radius 2 is 1.29 bits per heavy atom. The van der Waals surface area contributed by atoms with E-state index in [2.05, 4.69) is 163 Å². The van der Waals surface area contributed by atoms with Gasteiger partial charge in [-0.3, -0.25) is 4.99 Å². The molecule has 2 atom stereocenters. The Hall–Kier alpha value is -7.04. The Morgan fingerprint density at radius 3 is 2.18 bits per heavy atom. The van der Waals surface area contributed by atoms with E-state index in [1.807, 2.05) is 24.3 Å². The van der Waals surface area contributed by atoms with Crippen LogP contribution in [0.5, 0.6) is 0 Å². The first kappa shape index (κ1) is 31.5. The molecule has 1 N–H and O–H groups in total. The van der Waals surface area contributed by atoms with E-state index in [9.17, 15) is 0 Å². The Balaban J connectivity index is 1.05. The van der Waals surface area contributed by atoms with Gasteiger partial charge in [-0.1, -0.05) is 146 Å². The van der Waals surface area contributed by atoms with Crippen molar-refractivity contribution in [1.29, 1.82) is 0 Å². The van der Waals surface area contributed by atoms with Crippen LogP contribution in [-0.4, -0.2) is 10.7 Å². The Bertz CT molecular complexity index is 2990. The van der Waals surface area contributed by atoms with Gasteiger partial charge < -0.3 is 9.73 Å². The zero-order chi connectivity index (χ0) is 36.3. The largest absolute Gasteiger partial charge is 0.454 e. The van der Waals surface area contributed by atoms with Crippen LogP contribution >= 0.6 is 0 Å². The molecule has 2 aliphatic rings. The first-order chi connectivity index (χ1) is 27.2. The smallest absolute Gasteiger partial charge is 0.162 e. The Kier molecular flexibility index (Phi) is 7.34. The third kappa shape index (κ3) is 5.37. The number of aliphatic imine (C=N–C) groups is 1. The van der Waals surface area contributed by atoms with Gasteiger partial charge in [0.15, 0.2) is 5.58 Å². The second kappa shape index (κ2) is 12.8. The molecule has 2 aromatic heterocycles. The summed E-state index contributed by atoms with van der Waals surface area (Å²) in [6.45, 7) is 0. The summed E-state index contributed by atoms with van der Waals surface area (Å²) in [6.07, 6.45) is 2.92. The molecule has 0 spiro atoms. The van der Waals surface area contributed by atoms with Gasteiger partial charge in [-0.2, -0.15) is 0 Å². The maximum Gasteiger partial charge on any atom is 0.162 e. The van der Waals surface area contributed by atoms with Crippen molar-refractivity contribution in [1.82, 2.24) is 10.3 Å². The van der Waals surface area contributed by atoms with Gasteiger partial charge in [-0.25, -0.2) is 4.98 Å². The van der Waals surface area contributed by atoms with Gasteiger partial charge in [0.2, 0.25) is 0 Å². The third-order valence-corrected chi connectivity index (χ3v) is 11.3. The van der Waals surface area contributed by atoms with Gasteiger partial charge in [0.25, 0.3) is 0 Å². The summed E-state index contributed by atoms with van der Waals surface area (Å²) < 4.78 is 6.66. The van der Waals surface area contributed by atoms with Crippen LogP contribution in [0.2, 0.25) is 0 Å². The maximum absolute atomic E-state index is 6.66. The number of fused-ring (bicyclic) bond motifs is 8. The summed E-state index contributed by atoms with van der Waals surface area (Å²) in [5, 5.41) is 7.01. The van der Waals surface area contributed by atoms with Crippen molar-refractivity contribution < 1.29 is 4.42 Å². The number of para-hydroxylation sites is 1. The van der Waals surface area contributed by atoms with Crippen molar-refractivity contribution in [3.8, 4) is 22.4 Å². The molecule has 55 heavy (non-hydrogen) atoms. The lowest BCUT2D eigenvalue weighted by atomic mass is 9.75. The Labute approximate surface area is 319 Å². The van der Waals surface area contributed by atoms with Crippen LogP contribution in [0.25, 0.3) is 60.9 Å². The minimum Gasteiger partial charge on any atom is -0.454 e. The van der Waals surface area contributed by atoms with E-state index >= 15 is 0 Å². The molecule has 9 aromatic rings. The predicted molar refractivity (Wildman–Crippen MR) is 225 cm³/mol. The quantitative estimate of drug-likeness (QED) is 0.194. The molecule has 260 valence electrons. The van der Waals surface area contributed by atoms with Gasteiger partial charge in [-0.05, 0) is 81.8 Å². The summed E-state index contributed by atoms with van der Waals surface area (Å²) in [6, 6.07) is 62.4. The fraction of sp³-hybridized carbons (Fsp3) is 0.0588. The minimum absolute atomic E-state index is 0.253. The molecule has 0 saturated carbocycles. The lowest BCUT2D eigenvalue weighted by Crippen LogP contribution is -2.25. The van der Waals surface area contributed by atoms with Gasteiger partial charge in [0.1, 0.15) is 17.4 Å². The predicted octanol–water partition coefficient (Wildman–Crippen LogP) is 12.3. The van der Waals surface area contributed by atoms with Gasteiger partial charge in [0.05, 0.1) is 11.2 Å². The van der Waals surface area contributed by atoms with Crippen LogP contribution in [0.4, 0.5) is 0 Å². The number of hydrogen-bond donors (Lipinski definition) is 1. The second-order valence-corrected chi connectivity index (χ2v) is 14.5. The Morgan fingerprint density at radius 1 is 0.564 bits per heavy atom. The van der Waals surface area contributed by atoms with Crippen LogP contribution in [0.15, 0.2) is 191 Å². The first-order valence-corrected chi connectivity index (χ1v) is 18.9. The van der Waals surface area contributed by atoms with E-state index in [4.69, 9.17) is 14.4 Å². The number of nitrogens with one attached hydrogen (secondary N) is 1. The highest BCUT2D eigenvalue weighted by atomic mass is 16.3. The van der Waals surface area contributed by atoms with Crippen molar-refractivity contribution in [2.45, 2.75) is 18.5 Å². The molecule has 0 fully saturated rings. The molecule has 7 aromatic carbocycles. The molecule has 1 aliphatic carbocycles. The number of nitrogens with zero attached hydrogens (tertiary/aromatic N) is 2. The number of allylic oxidation sites excluding steroid dienone is 1. The highest BCUT2D eigenvalue weighted by Crippen LogP contribution is 2.44. The zero-order valence-corrected chi connectivity index (χ0v) is 30.0. The summed E-state index contributed by atoms with van der Waals surface area (Å²) >= 11 is 0. The summed E-state index contributed by atoms with van der Waals surface area (Å²) in [5.74, 6) is 0.253. The third-order valence-electron chi connectivity index (χ3n) is 11.3. The van der Waals surface area contributed by atoms with E-state index in [-0.39, 0.29) is 12.1 Å². The lowest BCUT2D eigenvalue weighted by molar-refractivity contribution is 0.663. The van der Waals surface area contributed by atoms with Crippen LogP contribution < -0.4 is 5.32 Å². The number of benzene rings is 7. The van der Waals surface area contributed by atoms with Gasteiger partial charge >= 0.3 is 0 Å². The molecule has 4 heteroatoms. The minimum atomic E-state index is -0.256. The first-order valence-electron chi connectivity index (χ1n) is 18.9. The van der Waals surface area contributed by atoms with E-state index in [1.165, 1.54) is 27.8 Å². The van der Waals surface area contributed by atoms with Crippen molar-refractivity contribution in [2.24, 2.45) is 4.99 Å². The molecule has 0 amide bonds. The molecular weight excluding hydrogens is 671 g/mol. The maximum atomic E-state index is 6.66. The van der Waals surface area contributed by atoms with E-state index in [0.717, 1.165) is 78.6 Å². The fourth-order valence-corrected chi connectivity index (χ4v) is 8.65. The van der Waals surface area contributed by atoms with E-state index in [0.29, 0.717) is 0 Å². The molecule has 0 saturated heterocycles. The molecule has 3 heterocycles. The van der Waals surface area contributed by atoms with E-state index < -0.39 is 0 Å². The molecule has 4 nitrogen and oxygen atoms in total. The average Bonchev–Trinajstić information content (AvgIpc) is 3.66. The van der Waals surface area contributed by atoms with Crippen molar-refractivity contribution in [3.63, 3.8) is 0 Å². The van der Waals surface area contributed by atoms with Crippen LogP contribution in [0, 0.1) is 0 Å². The molecular formula is C51H35N3O. The molecule has 2 unspecified atom stereocenters. The van der Waals surface area contributed by atoms with Gasteiger partial charge in [-0.15, -0.1) is 0 Å². The number of furan rings is 1. The van der Waals surface area contributed by atoms with Crippen molar-refractivity contribution >= 4 is 44.3 Å². The molecule has 0 radical (unpaired) electrons. The highest BCUT2D eigenvalue weighted by Gasteiger charge is 2.27. The summed E-state index contributed by atoms with van der Waals surface area (Å²) in [5.41, 5.74) is 16.4. The van der Waals surface area contributed by atoms with Crippen molar-refractivity contribution in [3.05, 3.63) is 215 Å². The van der Waals surface area contributed by atoms with Crippen LogP contribution in [0.3, 0.4) is 0 Å². The standard InChI is InChI=1S/C51H35N3O/c1-3-14-32(15-4-1)49-50-48(41-24-11-12-25-44(41)52-49)43-30-37(26-27-47(43)55-50)46-31-45(53-51(54-46)33-16-5-2-6-17-33)36-20-13-19-34(28-36)42-29-35-18-7-8-21-38(35)39-22-9-10-23-40(39)42/h1-28,30-31,42,51,54H,29H2. The second-order valence-electron chi connectivity index (χ2n) is 14.5. The summed E-state index contributed by atoms with van der Waals surface area (Å²) in [7, 11) is 0. The van der Waals surface area contributed by atoms with Crippen LogP contribution in [0.1, 0.15) is 45.5 Å². The zero-order valence-electron chi connectivity index (χ0n) is 30.0. The SMILES string of the molecule is C1=C(c2ccc3oc4c(-c5ccccc5)nc5ccccc5c4c3c2)NC(c2ccccc2)N=C1c1cccc(C2Cc3ccccc3-c3ccccc32)c1. The number of rotatable bonds is 5. The molecule has 1 aliphatic heterocycles. The van der Waals surface area contributed by atoms with Gasteiger partial charge in [0, 0.05) is 38.9 Å². The van der Waals surface area contributed by atoms with E-state index in [1.54, 1.807) is 0 Å². The monoisotopic (exact) mass is 705 g/mol. The van der Waals surface area contributed by atoms with Crippen molar-refractivity contribution in [2.75, 3.05) is 0 Å². The average molecular weight is 706 g/mol. The number of hydrogen-bond acceptors (Lipinski definition) is 4. The van der Waals surface area contributed by atoms with Crippen LogP contribution in [-0.2, 0) is 6.42 Å². The fourth-order valence-electron chi connectivity index (χ4n) is 8.65. The molecule has 0 bridgehead atoms. The highest BCUT2D eigenvalue weighted by molar-refractivity contribution is 6.21. The number of aromatic nitrogens is 1. The topological polar surface area (TPSA) is 50.4 Å². The lowest BCUT2D eigenvalue weighted by Gasteiger charge is -2.29. The summed E-state index contributed by atoms with van der Waals surface area (Å²) in [4.78, 5) is 10.5.